The van der Waals surface area contributed by atoms with Gasteiger partial charge in [-0.25, -0.2) is 27.2 Å². The molecular formula is C16H16F4N6O. The molecule has 0 aliphatic heterocycles. The van der Waals surface area contributed by atoms with Crippen LogP contribution >= 0.6 is 0 Å². The first kappa shape index (κ1) is 18.8. The number of hydrogen-bond acceptors (Lipinski definition) is 4. The van der Waals surface area contributed by atoms with Gasteiger partial charge in [-0.2, -0.15) is 10.2 Å². The summed E-state index contributed by atoms with van der Waals surface area (Å²) in [5.41, 5.74) is -0.684. The minimum Gasteiger partial charge on any atom is -0.309 e. The summed E-state index contributed by atoms with van der Waals surface area (Å²) in [4.78, 5) is 16.0. The normalized spacial score (nSPS) is 11.7. The Bertz CT molecular complexity index is 1010. The number of alkyl halides is 4. The van der Waals surface area contributed by atoms with Crippen LogP contribution in [0.4, 0.5) is 23.4 Å². The van der Waals surface area contributed by atoms with Crippen molar-refractivity contribution in [3.8, 4) is 0 Å². The third-order valence-corrected chi connectivity index (χ3v) is 3.95. The molecule has 0 spiro atoms. The van der Waals surface area contributed by atoms with Gasteiger partial charge >= 0.3 is 0 Å². The monoisotopic (exact) mass is 384 g/mol. The smallest absolute Gasteiger partial charge is 0.280 e. The molecular weight excluding hydrogens is 368 g/mol. The number of fused-ring (bicyclic) bond motifs is 1. The highest BCUT2D eigenvalue weighted by Crippen LogP contribution is 2.32. The summed E-state index contributed by atoms with van der Waals surface area (Å²) in [6.07, 6.45) is -6.00. The van der Waals surface area contributed by atoms with Gasteiger partial charge in [0, 0.05) is 18.7 Å². The maximum atomic E-state index is 13.3. The SMILES string of the molecule is Cc1cc(NC(=O)Cn2nc(C)c3c(C(F)F)cc(C(F)F)nc32)n(C)n1. The summed E-state index contributed by atoms with van der Waals surface area (Å²) in [5.74, 6) is -0.0922. The predicted molar refractivity (Wildman–Crippen MR) is 88.8 cm³/mol. The molecule has 0 fully saturated rings. The van der Waals surface area contributed by atoms with Crippen LogP contribution in [-0.2, 0) is 18.4 Å². The zero-order valence-electron chi connectivity index (χ0n) is 14.7. The lowest BCUT2D eigenvalue weighted by molar-refractivity contribution is -0.116. The molecule has 3 rings (SSSR count). The number of nitrogens with zero attached hydrogens (tertiary/aromatic N) is 5. The highest BCUT2D eigenvalue weighted by Gasteiger charge is 2.24. The van der Waals surface area contributed by atoms with Gasteiger partial charge in [-0.15, -0.1) is 0 Å². The van der Waals surface area contributed by atoms with Crippen LogP contribution < -0.4 is 5.32 Å². The van der Waals surface area contributed by atoms with E-state index < -0.39 is 30.0 Å². The molecule has 0 aromatic carbocycles. The molecule has 0 atom stereocenters. The average molecular weight is 384 g/mol. The summed E-state index contributed by atoms with van der Waals surface area (Å²) in [5, 5.41) is 10.7. The van der Waals surface area contributed by atoms with Crippen LogP contribution in [0.1, 0.15) is 35.5 Å². The van der Waals surface area contributed by atoms with Gasteiger partial charge in [0.25, 0.3) is 12.9 Å². The number of anilines is 1. The van der Waals surface area contributed by atoms with Crippen molar-refractivity contribution in [2.45, 2.75) is 33.2 Å². The zero-order chi connectivity index (χ0) is 19.9. The molecule has 3 aromatic heterocycles. The first-order chi connectivity index (χ1) is 12.7. The summed E-state index contributed by atoms with van der Waals surface area (Å²) >= 11 is 0. The van der Waals surface area contributed by atoms with Gasteiger partial charge in [-0.1, -0.05) is 0 Å². The van der Waals surface area contributed by atoms with Crippen LogP contribution in [0.15, 0.2) is 12.1 Å². The third-order valence-electron chi connectivity index (χ3n) is 3.95. The van der Waals surface area contributed by atoms with Gasteiger partial charge in [0.15, 0.2) is 5.65 Å². The second-order valence-corrected chi connectivity index (χ2v) is 6.02. The maximum absolute atomic E-state index is 13.3. The van der Waals surface area contributed by atoms with Crippen LogP contribution in [0.5, 0.6) is 0 Å². The third kappa shape index (κ3) is 3.62. The number of carbonyl (C=O) groups excluding carboxylic acids is 1. The van der Waals surface area contributed by atoms with E-state index in [1.54, 1.807) is 20.0 Å². The fourth-order valence-corrected chi connectivity index (χ4v) is 2.85. The fraction of sp³-hybridized carbons (Fsp3) is 0.375. The summed E-state index contributed by atoms with van der Waals surface area (Å²) in [6.45, 7) is 2.83. The van der Waals surface area contributed by atoms with Gasteiger partial charge in [0.1, 0.15) is 18.1 Å². The number of aryl methyl sites for hydroxylation is 3. The van der Waals surface area contributed by atoms with Crippen LogP contribution in [0.2, 0.25) is 0 Å². The first-order valence-electron chi connectivity index (χ1n) is 7.92. The Morgan fingerprint density at radius 2 is 1.85 bits per heavy atom. The Hall–Kier alpha value is -2.98. The second-order valence-electron chi connectivity index (χ2n) is 6.02. The molecule has 0 aliphatic carbocycles. The second kappa shape index (κ2) is 6.97. The lowest BCUT2D eigenvalue weighted by Gasteiger charge is -2.08. The van der Waals surface area contributed by atoms with Crippen LogP contribution in [0, 0.1) is 13.8 Å². The lowest BCUT2D eigenvalue weighted by atomic mass is 10.1. The zero-order valence-corrected chi connectivity index (χ0v) is 14.7. The van der Waals surface area contributed by atoms with E-state index in [1.807, 2.05) is 0 Å². The molecule has 0 unspecified atom stereocenters. The van der Waals surface area contributed by atoms with E-state index >= 15 is 0 Å². The minimum atomic E-state index is -3.03. The van der Waals surface area contributed by atoms with Gasteiger partial charge < -0.3 is 5.32 Å². The summed E-state index contributed by atoms with van der Waals surface area (Å²) < 4.78 is 55.3. The average Bonchev–Trinajstić information content (AvgIpc) is 3.05. The van der Waals surface area contributed by atoms with Crippen molar-refractivity contribution < 1.29 is 22.4 Å². The Balaban J connectivity index is 1.99. The van der Waals surface area contributed by atoms with E-state index in [2.05, 4.69) is 20.5 Å². The molecule has 0 saturated carbocycles. The number of hydrogen-bond donors (Lipinski definition) is 1. The van der Waals surface area contributed by atoms with Crippen molar-refractivity contribution in [1.82, 2.24) is 24.5 Å². The summed E-state index contributed by atoms with van der Waals surface area (Å²) in [7, 11) is 1.64. The highest BCUT2D eigenvalue weighted by atomic mass is 19.3. The number of halogens is 4. The van der Waals surface area contributed by atoms with E-state index in [9.17, 15) is 22.4 Å². The van der Waals surface area contributed by atoms with Crippen molar-refractivity contribution >= 4 is 22.8 Å². The summed E-state index contributed by atoms with van der Waals surface area (Å²) in [6, 6.07) is 2.32. The van der Waals surface area contributed by atoms with Crippen molar-refractivity contribution in [1.29, 1.82) is 0 Å². The molecule has 1 N–H and O–H groups in total. The Morgan fingerprint density at radius 3 is 2.41 bits per heavy atom. The van der Waals surface area contributed by atoms with Crippen molar-refractivity contribution in [2.24, 2.45) is 7.05 Å². The molecule has 27 heavy (non-hydrogen) atoms. The molecule has 3 heterocycles. The largest absolute Gasteiger partial charge is 0.309 e. The minimum absolute atomic E-state index is 0.0291. The van der Waals surface area contributed by atoms with E-state index in [4.69, 9.17) is 0 Å². The van der Waals surface area contributed by atoms with Gasteiger partial charge in [-0.05, 0) is 19.9 Å². The molecule has 0 aliphatic rings. The van der Waals surface area contributed by atoms with Crippen molar-refractivity contribution in [3.05, 3.63) is 34.8 Å². The fourth-order valence-electron chi connectivity index (χ4n) is 2.85. The molecule has 144 valence electrons. The maximum Gasteiger partial charge on any atom is 0.280 e. The molecule has 1 amide bonds. The topological polar surface area (TPSA) is 77.6 Å². The Kier molecular flexibility index (Phi) is 4.85. The number of aromatic nitrogens is 5. The number of rotatable bonds is 5. The lowest BCUT2D eigenvalue weighted by Crippen LogP contribution is -2.21. The molecule has 7 nitrogen and oxygen atoms in total. The molecule has 0 saturated heterocycles. The quantitative estimate of drug-likeness (QED) is 0.685. The van der Waals surface area contributed by atoms with Crippen molar-refractivity contribution in [3.63, 3.8) is 0 Å². The standard InChI is InChI=1S/C16H16F4N6O/c1-7-4-11(25(3)23-7)22-12(27)6-26-16-13(8(2)24-26)9(14(17)18)5-10(21-16)15(19)20/h4-5,14-15H,6H2,1-3H3,(H,22,27). The Morgan fingerprint density at radius 1 is 1.15 bits per heavy atom. The van der Waals surface area contributed by atoms with Gasteiger partial charge in [0.05, 0.1) is 16.8 Å². The van der Waals surface area contributed by atoms with E-state index in [0.717, 1.165) is 4.68 Å². The van der Waals surface area contributed by atoms with Crippen LogP contribution in [-0.4, -0.2) is 30.5 Å². The van der Waals surface area contributed by atoms with Gasteiger partial charge in [-0.3, -0.25) is 9.48 Å². The molecule has 11 heteroatoms. The number of nitrogens with one attached hydrogen (secondary N) is 1. The van der Waals surface area contributed by atoms with Crippen LogP contribution in [0.25, 0.3) is 11.0 Å². The Labute approximate surface area is 151 Å². The first-order valence-corrected chi connectivity index (χ1v) is 7.92. The molecule has 0 radical (unpaired) electrons. The number of carbonyl (C=O) groups is 1. The van der Waals surface area contributed by atoms with E-state index in [1.165, 1.54) is 11.6 Å². The van der Waals surface area contributed by atoms with E-state index in [-0.39, 0.29) is 23.3 Å². The predicted octanol–water partition coefficient (Wildman–Crippen LogP) is 3.30. The van der Waals surface area contributed by atoms with Gasteiger partial charge in [0.2, 0.25) is 5.91 Å². The number of pyridine rings is 1. The highest BCUT2D eigenvalue weighted by molar-refractivity contribution is 5.91. The van der Waals surface area contributed by atoms with E-state index in [0.29, 0.717) is 17.6 Å². The van der Waals surface area contributed by atoms with Crippen molar-refractivity contribution in [2.75, 3.05) is 5.32 Å². The molecule has 0 bridgehead atoms. The van der Waals surface area contributed by atoms with Crippen LogP contribution in [0.3, 0.4) is 0 Å². The number of amides is 1. The molecule has 3 aromatic rings.